The fourth-order valence-corrected chi connectivity index (χ4v) is 3.93. The highest BCUT2D eigenvalue weighted by molar-refractivity contribution is 7.80. The zero-order valence-electron chi connectivity index (χ0n) is 14.5. The summed E-state index contributed by atoms with van der Waals surface area (Å²) in [6.45, 7) is 6.55. The van der Waals surface area contributed by atoms with Crippen LogP contribution in [0.3, 0.4) is 0 Å². The number of thiophene rings is 1. The second-order valence-corrected chi connectivity index (χ2v) is 7.04. The molecule has 0 aliphatic carbocycles. The van der Waals surface area contributed by atoms with Crippen molar-refractivity contribution in [1.82, 2.24) is 15.1 Å². The average molecular weight is 367 g/mol. The minimum absolute atomic E-state index is 0.343. The highest BCUT2D eigenvalue weighted by Crippen LogP contribution is 2.33. The fourth-order valence-electron chi connectivity index (χ4n) is 2.56. The van der Waals surface area contributed by atoms with Gasteiger partial charge in [0.2, 0.25) is 0 Å². The molecule has 6 nitrogen and oxygen atoms in total. The molecule has 0 spiro atoms. The molecule has 0 radical (unpaired) electrons. The first kappa shape index (κ1) is 18.4. The highest BCUT2D eigenvalue weighted by atomic mass is 32.1. The zero-order chi connectivity index (χ0) is 17.9. The van der Waals surface area contributed by atoms with Crippen molar-refractivity contribution in [3.63, 3.8) is 0 Å². The van der Waals surface area contributed by atoms with Gasteiger partial charge in [-0.05, 0) is 38.0 Å². The number of aryl methyl sites for hydroxylation is 3. The number of carbonyl (C=O) groups excluding carboxylic acids is 1. The molecule has 2 aromatic heterocycles. The first-order valence-corrected chi connectivity index (χ1v) is 8.84. The van der Waals surface area contributed by atoms with E-state index >= 15 is 0 Å². The molecule has 24 heavy (non-hydrogen) atoms. The van der Waals surface area contributed by atoms with Gasteiger partial charge in [-0.2, -0.15) is 5.10 Å². The lowest BCUT2D eigenvalue weighted by molar-refractivity contribution is 0.0601. The van der Waals surface area contributed by atoms with Crippen molar-refractivity contribution in [3.05, 3.63) is 33.5 Å². The van der Waals surface area contributed by atoms with E-state index in [1.54, 1.807) is 4.68 Å². The number of nitrogens with zero attached hydrogens (tertiary/aromatic N) is 2. The Morgan fingerprint density at radius 2 is 2.17 bits per heavy atom. The Bertz CT molecular complexity index is 764. The summed E-state index contributed by atoms with van der Waals surface area (Å²) in [4.78, 5) is 13.2. The molecule has 0 saturated carbocycles. The van der Waals surface area contributed by atoms with E-state index in [2.05, 4.69) is 15.7 Å². The van der Waals surface area contributed by atoms with Crippen LogP contribution in [-0.2, 0) is 24.8 Å². The zero-order valence-corrected chi connectivity index (χ0v) is 16.2. The number of hydrogen-bond donors (Lipinski definition) is 2. The van der Waals surface area contributed by atoms with Gasteiger partial charge in [-0.15, -0.1) is 11.3 Å². The number of aromatic nitrogens is 2. The van der Waals surface area contributed by atoms with Crippen molar-refractivity contribution in [2.45, 2.75) is 33.7 Å². The molecule has 0 bridgehead atoms. The van der Waals surface area contributed by atoms with E-state index in [1.165, 1.54) is 18.4 Å². The van der Waals surface area contributed by atoms with Crippen LogP contribution >= 0.6 is 23.6 Å². The van der Waals surface area contributed by atoms with Crippen molar-refractivity contribution in [3.8, 4) is 0 Å². The standard InChI is InChI=1S/C16H22N4O2S2/c1-6-12-10(3)24-14(13(12)15(21)22-5)18-16(23)17-7-11-8-20(4)19-9(11)2/h8H,6-7H2,1-5H3,(H2,17,18,23). The molecule has 0 amide bonds. The number of thiocarbonyl (C=S) groups is 1. The monoisotopic (exact) mass is 366 g/mol. The third kappa shape index (κ3) is 3.93. The van der Waals surface area contributed by atoms with Gasteiger partial charge in [-0.3, -0.25) is 4.68 Å². The van der Waals surface area contributed by atoms with Crippen LogP contribution in [0.25, 0.3) is 0 Å². The molecule has 0 aromatic carbocycles. The Labute approximate surface area is 151 Å². The average Bonchev–Trinajstić information content (AvgIpc) is 3.02. The lowest BCUT2D eigenvalue weighted by Crippen LogP contribution is -2.28. The number of ether oxygens (including phenoxy) is 1. The van der Waals surface area contributed by atoms with Gasteiger partial charge in [0.1, 0.15) is 5.00 Å². The van der Waals surface area contributed by atoms with Crippen molar-refractivity contribution in [2.24, 2.45) is 7.05 Å². The third-order valence-corrected chi connectivity index (χ3v) is 5.04. The van der Waals surface area contributed by atoms with Gasteiger partial charge in [0, 0.05) is 30.2 Å². The molecule has 8 heteroatoms. The minimum Gasteiger partial charge on any atom is -0.465 e. The number of methoxy groups -OCH3 is 1. The Balaban J connectivity index is 2.11. The molecule has 2 N–H and O–H groups in total. The third-order valence-electron chi connectivity index (χ3n) is 3.73. The van der Waals surface area contributed by atoms with E-state index in [0.29, 0.717) is 17.2 Å². The van der Waals surface area contributed by atoms with Crippen molar-refractivity contribution in [1.29, 1.82) is 0 Å². The Hall–Kier alpha value is -1.93. The summed E-state index contributed by atoms with van der Waals surface area (Å²) in [5.41, 5.74) is 3.61. The second kappa shape index (κ2) is 7.76. The molecule has 130 valence electrons. The van der Waals surface area contributed by atoms with Crippen molar-refractivity contribution >= 4 is 39.6 Å². The van der Waals surface area contributed by atoms with Gasteiger partial charge in [0.05, 0.1) is 18.4 Å². The number of anilines is 1. The van der Waals surface area contributed by atoms with Crippen LogP contribution in [-0.4, -0.2) is 28.0 Å². The van der Waals surface area contributed by atoms with Gasteiger partial charge >= 0.3 is 5.97 Å². The Kier molecular flexibility index (Phi) is 5.95. The summed E-state index contributed by atoms with van der Waals surface area (Å²) in [7, 11) is 3.27. The lowest BCUT2D eigenvalue weighted by Gasteiger charge is -2.10. The SMILES string of the molecule is CCc1c(C)sc(NC(=S)NCc2cn(C)nc2C)c1C(=O)OC. The number of hydrogen-bond acceptors (Lipinski definition) is 5. The minimum atomic E-state index is -0.343. The molecule has 0 atom stereocenters. The number of nitrogens with one attached hydrogen (secondary N) is 2. The van der Waals surface area contributed by atoms with Crippen molar-refractivity contribution in [2.75, 3.05) is 12.4 Å². The number of rotatable bonds is 5. The molecular formula is C16H22N4O2S2. The fraction of sp³-hybridized carbons (Fsp3) is 0.438. The van der Waals surface area contributed by atoms with E-state index < -0.39 is 0 Å². The number of esters is 1. The largest absolute Gasteiger partial charge is 0.465 e. The van der Waals surface area contributed by atoms with Crippen LogP contribution in [0, 0.1) is 13.8 Å². The molecule has 0 aliphatic heterocycles. The van der Waals surface area contributed by atoms with E-state index in [1.807, 2.05) is 34.0 Å². The highest BCUT2D eigenvalue weighted by Gasteiger charge is 2.22. The van der Waals surface area contributed by atoms with Crippen LogP contribution in [0.1, 0.15) is 39.0 Å². The van der Waals surface area contributed by atoms with Gasteiger partial charge in [0.15, 0.2) is 5.11 Å². The smallest absolute Gasteiger partial charge is 0.341 e. The first-order valence-electron chi connectivity index (χ1n) is 7.61. The van der Waals surface area contributed by atoms with Gasteiger partial charge < -0.3 is 15.4 Å². The van der Waals surface area contributed by atoms with Crippen LogP contribution in [0.5, 0.6) is 0 Å². The molecule has 0 saturated heterocycles. The van der Waals surface area contributed by atoms with E-state index in [0.717, 1.165) is 33.1 Å². The molecule has 0 unspecified atom stereocenters. The summed E-state index contributed by atoms with van der Waals surface area (Å²) < 4.78 is 6.69. The van der Waals surface area contributed by atoms with Gasteiger partial charge in [-0.1, -0.05) is 6.92 Å². The summed E-state index contributed by atoms with van der Waals surface area (Å²) in [6.07, 6.45) is 2.72. The molecular weight excluding hydrogens is 344 g/mol. The Morgan fingerprint density at radius 1 is 1.46 bits per heavy atom. The molecule has 2 rings (SSSR count). The van der Waals surface area contributed by atoms with E-state index in [9.17, 15) is 4.79 Å². The normalized spacial score (nSPS) is 10.5. The summed E-state index contributed by atoms with van der Waals surface area (Å²) in [5.74, 6) is -0.343. The maximum Gasteiger partial charge on any atom is 0.341 e. The number of carbonyl (C=O) groups is 1. The van der Waals surface area contributed by atoms with Gasteiger partial charge in [0.25, 0.3) is 0 Å². The molecule has 2 heterocycles. The summed E-state index contributed by atoms with van der Waals surface area (Å²) in [5, 5.41) is 11.8. The molecule has 2 aromatic rings. The van der Waals surface area contributed by atoms with Crippen LogP contribution in [0.15, 0.2) is 6.20 Å². The second-order valence-electron chi connectivity index (χ2n) is 5.41. The van der Waals surface area contributed by atoms with Crippen LogP contribution in [0.4, 0.5) is 5.00 Å². The summed E-state index contributed by atoms with van der Waals surface area (Å²) in [6, 6.07) is 0. The predicted molar refractivity (Wildman–Crippen MR) is 101 cm³/mol. The quantitative estimate of drug-likeness (QED) is 0.626. The maximum atomic E-state index is 12.1. The van der Waals surface area contributed by atoms with Gasteiger partial charge in [-0.25, -0.2) is 4.79 Å². The van der Waals surface area contributed by atoms with E-state index in [4.69, 9.17) is 17.0 Å². The molecule has 0 aliphatic rings. The topological polar surface area (TPSA) is 68.2 Å². The van der Waals surface area contributed by atoms with Crippen molar-refractivity contribution < 1.29 is 9.53 Å². The predicted octanol–water partition coefficient (Wildman–Crippen LogP) is 2.93. The van der Waals surface area contributed by atoms with E-state index in [-0.39, 0.29) is 5.97 Å². The molecule has 0 fully saturated rings. The maximum absolute atomic E-state index is 12.1. The summed E-state index contributed by atoms with van der Waals surface area (Å²) >= 11 is 6.87. The van der Waals surface area contributed by atoms with Crippen LogP contribution < -0.4 is 10.6 Å². The lowest BCUT2D eigenvalue weighted by atomic mass is 10.1. The Morgan fingerprint density at radius 3 is 2.71 bits per heavy atom. The first-order chi connectivity index (χ1) is 11.4. The van der Waals surface area contributed by atoms with Crippen LogP contribution in [0.2, 0.25) is 0 Å².